The van der Waals surface area contributed by atoms with Gasteiger partial charge in [-0.15, -0.1) is 0 Å². The first-order chi connectivity index (χ1) is 5.95. The van der Waals surface area contributed by atoms with E-state index in [0.29, 0.717) is 0 Å². The molecular weight excluding hydrogens is 150 g/mol. The van der Waals surface area contributed by atoms with Gasteiger partial charge in [0.25, 0.3) is 0 Å². The van der Waals surface area contributed by atoms with Gasteiger partial charge in [0.1, 0.15) is 11.3 Å². The fourth-order valence-electron chi connectivity index (χ4n) is 1.48. The molecule has 0 aliphatic carbocycles. The second-order valence-electron chi connectivity index (χ2n) is 2.76. The summed E-state index contributed by atoms with van der Waals surface area (Å²) < 4.78 is 5.53. The molecular formula is C10H6NO. The molecule has 3 rings (SSSR count). The maximum atomic E-state index is 5.53. The van der Waals surface area contributed by atoms with Crippen LogP contribution in [0.3, 0.4) is 0 Å². The molecule has 0 amide bonds. The predicted molar refractivity (Wildman–Crippen MR) is 47.0 cm³/mol. The van der Waals surface area contributed by atoms with Gasteiger partial charge in [0.15, 0.2) is 5.76 Å². The van der Waals surface area contributed by atoms with Crippen molar-refractivity contribution in [1.82, 2.24) is 5.32 Å². The quantitative estimate of drug-likeness (QED) is 0.576. The van der Waals surface area contributed by atoms with Gasteiger partial charge in [-0.2, -0.15) is 0 Å². The lowest BCUT2D eigenvalue weighted by Gasteiger charge is -1.88. The minimum atomic E-state index is 0.871. The molecule has 2 nitrogen and oxygen atoms in total. The largest absolute Gasteiger partial charge is 0.454 e. The normalized spacial score (nSPS) is 13.3. The van der Waals surface area contributed by atoms with Gasteiger partial charge in [0.05, 0.1) is 0 Å². The average molecular weight is 156 g/mol. The summed E-state index contributed by atoms with van der Waals surface area (Å²) in [6.07, 6.45) is 3.65. The molecule has 1 aromatic carbocycles. The minimum absolute atomic E-state index is 0.871. The van der Waals surface area contributed by atoms with Crippen molar-refractivity contribution in [1.29, 1.82) is 0 Å². The van der Waals surface area contributed by atoms with Crippen molar-refractivity contribution in [3.8, 4) is 0 Å². The fraction of sp³-hybridized carbons (Fsp3) is 0. The first-order valence-corrected chi connectivity index (χ1v) is 3.84. The van der Waals surface area contributed by atoms with Crippen LogP contribution in [-0.2, 0) is 0 Å². The van der Waals surface area contributed by atoms with Crippen molar-refractivity contribution in [2.24, 2.45) is 0 Å². The molecule has 2 heterocycles. The van der Waals surface area contributed by atoms with E-state index in [4.69, 9.17) is 4.42 Å². The smallest absolute Gasteiger partial charge is 0.155 e. The zero-order valence-electron chi connectivity index (χ0n) is 6.32. The molecule has 0 atom stereocenters. The van der Waals surface area contributed by atoms with E-state index in [-0.39, 0.29) is 0 Å². The van der Waals surface area contributed by atoms with Gasteiger partial charge in [0.2, 0.25) is 0 Å². The molecule has 0 fully saturated rings. The van der Waals surface area contributed by atoms with E-state index in [1.54, 1.807) is 6.20 Å². The minimum Gasteiger partial charge on any atom is -0.454 e. The van der Waals surface area contributed by atoms with E-state index < -0.39 is 0 Å². The lowest BCUT2D eigenvalue weighted by Crippen LogP contribution is -1.77. The lowest BCUT2D eigenvalue weighted by atomic mass is 10.2. The van der Waals surface area contributed by atoms with Gasteiger partial charge in [0, 0.05) is 17.7 Å². The van der Waals surface area contributed by atoms with E-state index >= 15 is 0 Å². The SMILES string of the molecule is C1=Cc2oc3ccccc3c2[N]1. The van der Waals surface area contributed by atoms with Crippen LogP contribution in [0.5, 0.6) is 0 Å². The van der Waals surface area contributed by atoms with Crippen molar-refractivity contribution in [3.63, 3.8) is 0 Å². The second kappa shape index (κ2) is 1.91. The van der Waals surface area contributed by atoms with Gasteiger partial charge in [-0.3, -0.25) is 5.32 Å². The Hall–Kier alpha value is -1.70. The number of hydrogen-bond donors (Lipinski definition) is 0. The second-order valence-corrected chi connectivity index (χ2v) is 2.76. The van der Waals surface area contributed by atoms with Crippen LogP contribution in [0.2, 0.25) is 0 Å². The molecule has 1 aromatic heterocycles. The molecule has 1 aliphatic heterocycles. The molecule has 0 saturated heterocycles. The molecule has 0 bridgehead atoms. The van der Waals surface area contributed by atoms with Gasteiger partial charge in [-0.05, 0) is 12.1 Å². The molecule has 57 valence electrons. The van der Waals surface area contributed by atoms with E-state index in [0.717, 1.165) is 22.4 Å². The molecule has 1 radical (unpaired) electrons. The van der Waals surface area contributed by atoms with Crippen molar-refractivity contribution in [2.75, 3.05) is 0 Å². The highest BCUT2D eigenvalue weighted by molar-refractivity contribution is 5.94. The van der Waals surface area contributed by atoms with Crippen LogP contribution in [0.1, 0.15) is 5.76 Å². The maximum absolute atomic E-state index is 5.53. The number of benzene rings is 1. The Kier molecular flexibility index (Phi) is 0.939. The van der Waals surface area contributed by atoms with Gasteiger partial charge in [-0.1, -0.05) is 12.1 Å². The Morgan fingerprint density at radius 1 is 1.17 bits per heavy atom. The third-order valence-corrected chi connectivity index (χ3v) is 2.03. The summed E-state index contributed by atoms with van der Waals surface area (Å²) in [4.78, 5) is 0. The Morgan fingerprint density at radius 3 is 3.08 bits per heavy atom. The van der Waals surface area contributed by atoms with E-state index in [9.17, 15) is 0 Å². The number of para-hydroxylation sites is 1. The van der Waals surface area contributed by atoms with Crippen LogP contribution in [0.25, 0.3) is 17.0 Å². The molecule has 0 N–H and O–H groups in total. The Morgan fingerprint density at radius 2 is 2.08 bits per heavy atom. The van der Waals surface area contributed by atoms with Crippen LogP contribution in [0, 0.1) is 0 Å². The zero-order valence-corrected chi connectivity index (χ0v) is 6.32. The molecule has 0 spiro atoms. The third-order valence-electron chi connectivity index (χ3n) is 2.03. The van der Waals surface area contributed by atoms with Crippen molar-refractivity contribution in [2.45, 2.75) is 0 Å². The average Bonchev–Trinajstić information content (AvgIpc) is 2.62. The number of fused-ring (bicyclic) bond motifs is 3. The van der Waals surface area contributed by atoms with Crippen LogP contribution in [-0.4, -0.2) is 0 Å². The molecule has 2 heteroatoms. The highest BCUT2D eigenvalue weighted by Gasteiger charge is 2.14. The van der Waals surface area contributed by atoms with Gasteiger partial charge < -0.3 is 4.42 Å². The number of hydrogen-bond acceptors (Lipinski definition) is 1. The fourth-order valence-corrected chi connectivity index (χ4v) is 1.48. The molecule has 12 heavy (non-hydrogen) atoms. The highest BCUT2D eigenvalue weighted by Crippen LogP contribution is 2.34. The van der Waals surface area contributed by atoms with E-state index in [1.807, 2.05) is 30.3 Å². The number of rotatable bonds is 0. The third kappa shape index (κ3) is 0.593. The maximum Gasteiger partial charge on any atom is 0.155 e. The lowest BCUT2D eigenvalue weighted by molar-refractivity contribution is 0.606. The molecule has 1 aliphatic rings. The Balaban J connectivity index is 2.49. The number of nitrogens with zero attached hydrogens (tertiary/aromatic N) is 1. The summed E-state index contributed by atoms with van der Waals surface area (Å²) in [5.74, 6) is 0.871. The van der Waals surface area contributed by atoms with Crippen LogP contribution >= 0.6 is 0 Å². The van der Waals surface area contributed by atoms with Crippen LogP contribution in [0.4, 0.5) is 5.69 Å². The summed E-state index contributed by atoms with van der Waals surface area (Å²) >= 11 is 0. The summed E-state index contributed by atoms with van der Waals surface area (Å²) in [5.41, 5.74) is 1.88. The molecule has 0 saturated carbocycles. The van der Waals surface area contributed by atoms with Crippen LogP contribution in [0.15, 0.2) is 34.9 Å². The molecule has 2 aromatic rings. The zero-order chi connectivity index (χ0) is 7.97. The summed E-state index contributed by atoms with van der Waals surface area (Å²) in [5, 5.41) is 5.31. The standard InChI is InChI=1S/C10H6NO/c1-2-4-8-7(3-1)10-9(12-8)5-6-11-10/h1-6H. The monoisotopic (exact) mass is 156 g/mol. The first-order valence-electron chi connectivity index (χ1n) is 3.84. The van der Waals surface area contributed by atoms with E-state index in [1.165, 1.54) is 0 Å². The van der Waals surface area contributed by atoms with Gasteiger partial charge >= 0.3 is 0 Å². The Labute approximate surface area is 69.5 Å². The van der Waals surface area contributed by atoms with Crippen LogP contribution < -0.4 is 5.32 Å². The summed E-state index contributed by atoms with van der Waals surface area (Å²) in [7, 11) is 0. The van der Waals surface area contributed by atoms with Gasteiger partial charge in [-0.25, -0.2) is 0 Å². The topological polar surface area (TPSA) is 27.2 Å². The molecule has 0 unspecified atom stereocenters. The summed E-state index contributed by atoms with van der Waals surface area (Å²) in [6.45, 7) is 0. The van der Waals surface area contributed by atoms with Crippen molar-refractivity contribution < 1.29 is 4.42 Å². The van der Waals surface area contributed by atoms with E-state index in [2.05, 4.69) is 5.32 Å². The first kappa shape index (κ1) is 5.89. The highest BCUT2D eigenvalue weighted by atomic mass is 16.3. The van der Waals surface area contributed by atoms with Crippen molar-refractivity contribution in [3.05, 3.63) is 36.2 Å². The van der Waals surface area contributed by atoms with Crippen molar-refractivity contribution >= 4 is 22.7 Å². The summed E-state index contributed by atoms with van der Waals surface area (Å²) in [6, 6.07) is 7.93. The number of furan rings is 1. The predicted octanol–water partition coefficient (Wildman–Crippen LogP) is 2.65. The Bertz CT molecular complexity index is 468.